The lowest BCUT2D eigenvalue weighted by Crippen LogP contribution is -2.56. The van der Waals surface area contributed by atoms with E-state index in [-0.39, 0.29) is 5.69 Å². The second-order valence-corrected chi connectivity index (χ2v) is 4.61. The number of nitrogens with zero attached hydrogens (tertiary/aromatic N) is 3. The molecule has 21 heavy (non-hydrogen) atoms. The minimum atomic E-state index is -2.68. The molecule has 1 N–H and O–H groups in total. The molecule has 0 radical (unpaired) electrons. The molecule has 0 bridgehead atoms. The Morgan fingerprint density at radius 3 is 2.57 bits per heavy atom. The van der Waals surface area contributed by atoms with Gasteiger partial charge in [0.15, 0.2) is 0 Å². The van der Waals surface area contributed by atoms with Crippen LogP contribution in [0.1, 0.15) is 6.42 Å². The molecule has 0 aliphatic carbocycles. The van der Waals surface area contributed by atoms with Crippen LogP contribution in [0.15, 0.2) is 24.3 Å². The van der Waals surface area contributed by atoms with Gasteiger partial charge in [-0.25, -0.2) is 9.18 Å². The summed E-state index contributed by atoms with van der Waals surface area (Å²) in [6.07, 6.45) is -0.793. The van der Waals surface area contributed by atoms with Crippen molar-refractivity contribution in [3.63, 3.8) is 0 Å². The zero-order chi connectivity index (χ0) is 15.8. The van der Waals surface area contributed by atoms with Crippen LogP contribution in [0.3, 0.4) is 0 Å². The van der Waals surface area contributed by atoms with Crippen LogP contribution in [0, 0.1) is 26.0 Å². The van der Waals surface area contributed by atoms with E-state index in [0.717, 1.165) is 17.0 Å². The summed E-state index contributed by atoms with van der Waals surface area (Å²) in [4.78, 5) is 32.5. The van der Waals surface area contributed by atoms with Gasteiger partial charge in [0.1, 0.15) is 12.2 Å². The van der Waals surface area contributed by atoms with Crippen LogP contribution in [0.25, 0.3) is 0 Å². The van der Waals surface area contributed by atoms with Crippen molar-refractivity contribution < 1.29 is 24.1 Å². The summed E-state index contributed by atoms with van der Waals surface area (Å²) in [6, 6.07) is 3.08. The first-order chi connectivity index (χ1) is 9.79. The van der Waals surface area contributed by atoms with Gasteiger partial charge in [0.2, 0.25) is 6.04 Å². The fraction of sp³-hybridized carbons (Fsp3) is 0.364. The number of carbonyl (C=O) groups is 1. The molecule has 1 aliphatic rings. The van der Waals surface area contributed by atoms with Crippen LogP contribution >= 0.6 is 0 Å². The van der Waals surface area contributed by atoms with Crippen LogP contribution in [-0.2, 0) is 4.79 Å². The maximum absolute atomic E-state index is 13.3. The van der Waals surface area contributed by atoms with E-state index in [1.807, 2.05) is 0 Å². The topological polar surface area (TPSA) is 127 Å². The molecular formula is C11H10FN3O6. The third-order valence-electron chi connectivity index (χ3n) is 3.42. The van der Waals surface area contributed by atoms with Crippen LogP contribution in [-0.4, -0.2) is 39.2 Å². The van der Waals surface area contributed by atoms with Gasteiger partial charge in [0.05, 0.1) is 11.5 Å². The number of aliphatic carboxylic acids is 1. The Morgan fingerprint density at radius 2 is 2.10 bits per heavy atom. The van der Waals surface area contributed by atoms with Gasteiger partial charge in [-0.15, -0.1) is 0 Å². The Hall–Kier alpha value is -2.78. The molecule has 0 spiro atoms. The zero-order valence-corrected chi connectivity index (χ0v) is 10.5. The lowest BCUT2D eigenvalue weighted by molar-refractivity contribution is -0.566. The lowest BCUT2D eigenvalue weighted by Gasteiger charge is -2.27. The van der Waals surface area contributed by atoms with Crippen molar-refractivity contribution in [2.45, 2.75) is 18.1 Å². The highest BCUT2D eigenvalue weighted by Gasteiger charge is 2.66. The Bertz CT molecular complexity index is 608. The summed E-state index contributed by atoms with van der Waals surface area (Å²) in [5.41, 5.74) is -2.76. The minimum Gasteiger partial charge on any atom is -0.474 e. The first-order valence-corrected chi connectivity index (χ1v) is 5.83. The number of hydrogen-bond donors (Lipinski definition) is 1. The van der Waals surface area contributed by atoms with E-state index in [2.05, 4.69) is 0 Å². The average Bonchev–Trinajstić information content (AvgIpc) is 2.80. The molecule has 1 saturated heterocycles. The molecule has 10 heteroatoms. The van der Waals surface area contributed by atoms with Gasteiger partial charge in [-0.05, 0) is 18.2 Å². The smallest absolute Gasteiger partial charge is 0.405 e. The highest BCUT2D eigenvalue weighted by molar-refractivity contribution is 5.82. The third-order valence-corrected chi connectivity index (χ3v) is 3.42. The van der Waals surface area contributed by atoms with Crippen molar-refractivity contribution in [3.05, 3.63) is 50.3 Å². The average molecular weight is 299 g/mol. The van der Waals surface area contributed by atoms with Gasteiger partial charge in [-0.2, -0.15) is 0 Å². The van der Waals surface area contributed by atoms with Crippen molar-refractivity contribution in [2.75, 3.05) is 11.4 Å². The van der Waals surface area contributed by atoms with E-state index in [9.17, 15) is 34.5 Å². The molecule has 0 saturated carbocycles. The van der Waals surface area contributed by atoms with E-state index in [4.69, 9.17) is 0 Å². The molecular weight excluding hydrogens is 289 g/mol. The SMILES string of the molecule is O=C(O)C1([N+](=O)[O-])CC([N+](=O)[O-])CN1c1cccc(F)c1. The Labute approximate surface area is 116 Å². The number of carboxylic acid groups (broad SMARTS) is 1. The van der Waals surface area contributed by atoms with Crippen LogP contribution < -0.4 is 4.90 Å². The molecule has 1 aliphatic heterocycles. The van der Waals surface area contributed by atoms with Crippen LogP contribution in [0.4, 0.5) is 10.1 Å². The number of hydrogen-bond acceptors (Lipinski definition) is 6. The summed E-state index contributed by atoms with van der Waals surface area (Å²) in [6.45, 7) is -0.482. The predicted octanol–water partition coefficient (Wildman–Crippen LogP) is 0.739. The summed E-state index contributed by atoms with van der Waals surface area (Å²) < 4.78 is 13.3. The van der Waals surface area contributed by atoms with Gasteiger partial charge in [-0.3, -0.25) is 25.1 Å². The van der Waals surface area contributed by atoms with Gasteiger partial charge < -0.3 is 5.11 Å². The molecule has 0 amide bonds. The van der Waals surface area contributed by atoms with E-state index >= 15 is 0 Å². The number of anilines is 1. The maximum atomic E-state index is 13.3. The number of rotatable bonds is 4. The zero-order valence-electron chi connectivity index (χ0n) is 10.5. The standard InChI is InChI=1S/C11H10FN3O6/c12-7-2-1-3-8(4-7)13-6-9(14(18)19)5-11(13,10(16)17)15(20)21/h1-4,9H,5-6H2,(H,16,17). The molecule has 1 fully saturated rings. The Kier molecular flexibility index (Phi) is 3.45. The highest BCUT2D eigenvalue weighted by Crippen LogP contribution is 2.36. The monoisotopic (exact) mass is 299 g/mol. The maximum Gasteiger partial charge on any atom is 0.405 e. The number of carboxylic acids is 1. The largest absolute Gasteiger partial charge is 0.474 e. The molecule has 1 aromatic rings. The lowest BCUT2D eigenvalue weighted by atomic mass is 10.1. The van der Waals surface area contributed by atoms with Gasteiger partial charge >= 0.3 is 11.6 Å². The molecule has 2 atom stereocenters. The van der Waals surface area contributed by atoms with E-state index in [1.54, 1.807) is 0 Å². The fourth-order valence-corrected chi connectivity index (χ4v) is 2.42. The second-order valence-electron chi connectivity index (χ2n) is 4.61. The van der Waals surface area contributed by atoms with E-state index in [0.29, 0.717) is 0 Å². The molecule has 2 rings (SSSR count). The number of halogens is 1. The second kappa shape index (κ2) is 4.96. The van der Waals surface area contributed by atoms with Gasteiger partial charge in [-0.1, -0.05) is 6.07 Å². The van der Waals surface area contributed by atoms with Gasteiger partial charge in [0, 0.05) is 10.6 Å². The fourth-order valence-electron chi connectivity index (χ4n) is 2.42. The number of benzene rings is 1. The normalized spacial score (nSPS) is 24.8. The van der Waals surface area contributed by atoms with E-state index in [1.165, 1.54) is 12.1 Å². The van der Waals surface area contributed by atoms with Gasteiger partial charge in [0.25, 0.3) is 0 Å². The predicted molar refractivity (Wildman–Crippen MR) is 66.5 cm³/mol. The van der Waals surface area contributed by atoms with Crippen LogP contribution in [0.2, 0.25) is 0 Å². The summed E-state index contributed by atoms with van der Waals surface area (Å²) in [7, 11) is 0. The van der Waals surface area contributed by atoms with Crippen molar-refractivity contribution >= 4 is 11.7 Å². The molecule has 112 valence electrons. The summed E-state index contributed by atoms with van der Waals surface area (Å²) >= 11 is 0. The van der Waals surface area contributed by atoms with E-state index < -0.39 is 46.3 Å². The summed E-state index contributed by atoms with van der Waals surface area (Å²) in [5.74, 6) is -2.54. The van der Waals surface area contributed by atoms with Crippen molar-refractivity contribution in [2.24, 2.45) is 0 Å². The molecule has 2 unspecified atom stereocenters. The third kappa shape index (κ3) is 2.24. The highest BCUT2D eigenvalue weighted by atomic mass is 19.1. The summed E-state index contributed by atoms with van der Waals surface area (Å²) in [5, 5.41) is 31.4. The van der Waals surface area contributed by atoms with Crippen molar-refractivity contribution in [1.29, 1.82) is 0 Å². The molecule has 1 heterocycles. The molecule has 0 aromatic heterocycles. The Balaban J connectivity index is 2.56. The first-order valence-electron chi connectivity index (χ1n) is 5.83. The minimum absolute atomic E-state index is 0.0848. The first kappa shape index (κ1) is 14.6. The number of nitro groups is 2. The quantitative estimate of drug-likeness (QED) is 0.641. The molecule has 9 nitrogen and oxygen atoms in total. The van der Waals surface area contributed by atoms with Crippen LogP contribution in [0.5, 0.6) is 0 Å². The van der Waals surface area contributed by atoms with Crippen molar-refractivity contribution in [1.82, 2.24) is 0 Å². The van der Waals surface area contributed by atoms with Crippen molar-refractivity contribution in [3.8, 4) is 0 Å². The molecule has 1 aromatic carbocycles. The Morgan fingerprint density at radius 1 is 1.43 bits per heavy atom.